The molecule has 1 fully saturated rings. The summed E-state index contributed by atoms with van der Waals surface area (Å²) in [4.78, 5) is 20.8. The third-order valence-corrected chi connectivity index (χ3v) is 13.5. The molecule has 2 bridgehead atoms. The number of aryl methyl sites for hydroxylation is 2. The van der Waals surface area contributed by atoms with Crippen LogP contribution in [0.15, 0.2) is 66.9 Å². The van der Waals surface area contributed by atoms with Crippen LogP contribution in [-0.2, 0) is 21.9 Å². The number of carbonyl (C=O) groups excluding carboxylic acids is 1. The highest BCUT2D eigenvalue weighted by Gasteiger charge is 2.45. The van der Waals surface area contributed by atoms with Gasteiger partial charge < -0.3 is 9.64 Å². The Kier molecular flexibility index (Phi) is 8.62. The number of pyridine rings is 1. The average Bonchev–Trinajstić information content (AvgIpc) is 3.18. The van der Waals surface area contributed by atoms with Crippen LogP contribution in [-0.4, -0.2) is 44.3 Å². The molecule has 9 heteroatoms. The van der Waals surface area contributed by atoms with E-state index in [9.17, 15) is 13.2 Å². The monoisotopic (exact) mass is 673 g/mol. The van der Waals surface area contributed by atoms with Crippen LogP contribution in [0.25, 0.3) is 0 Å². The third kappa shape index (κ3) is 6.19. The van der Waals surface area contributed by atoms with E-state index in [1.807, 2.05) is 31.3 Å². The Morgan fingerprint density at radius 3 is 2.70 bits per heavy atom. The zero-order valence-corrected chi connectivity index (χ0v) is 29.0. The van der Waals surface area contributed by atoms with Crippen molar-refractivity contribution in [2.45, 2.75) is 75.9 Å². The van der Waals surface area contributed by atoms with E-state index in [2.05, 4.69) is 53.0 Å². The molecular formula is C38H44ClN3O4S. The molecule has 1 saturated carbocycles. The SMILES string of the molecule is Cc1ccc([C@H]2/C=C/C[C@H](C)[C@@H](C)S(=O)(=O)NC(=O)c3ccc4c(c3)N(C[C@@H]3CC[C@H]32)C[C@@]2(CCCc3cc(Cl)ccc32)CO4)nc1. The highest BCUT2D eigenvalue weighted by Crippen LogP contribution is 2.49. The number of carbonyl (C=O) groups is 1. The summed E-state index contributed by atoms with van der Waals surface area (Å²) >= 11 is 6.46. The number of sulfonamides is 1. The zero-order valence-electron chi connectivity index (χ0n) is 27.4. The lowest BCUT2D eigenvalue weighted by atomic mass is 9.65. The van der Waals surface area contributed by atoms with Gasteiger partial charge in [-0.05, 0) is 123 Å². The fourth-order valence-electron chi connectivity index (χ4n) is 8.19. The Hall–Kier alpha value is -3.36. The largest absolute Gasteiger partial charge is 0.490 e. The fourth-order valence-corrected chi connectivity index (χ4v) is 9.67. The number of fused-ring (bicyclic) bond motifs is 4. The van der Waals surface area contributed by atoms with Crippen molar-refractivity contribution in [3.8, 4) is 5.75 Å². The second-order valence-corrected chi connectivity index (χ2v) is 16.9. The van der Waals surface area contributed by atoms with E-state index in [1.54, 1.807) is 13.0 Å². The van der Waals surface area contributed by atoms with E-state index in [-0.39, 0.29) is 17.3 Å². The molecule has 2 aliphatic heterocycles. The Bertz CT molecular complexity index is 1810. The van der Waals surface area contributed by atoms with Gasteiger partial charge in [0.15, 0.2) is 0 Å². The smallest absolute Gasteiger partial charge is 0.264 e. The first-order chi connectivity index (χ1) is 22.5. The zero-order chi connectivity index (χ0) is 32.9. The van der Waals surface area contributed by atoms with Gasteiger partial charge in [0, 0.05) is 46.9 Å². The van der Waals surface area contributed by atoms with Gasteiger partial charge in [-0.25, -0.2) is 13.1 Å². The van der Waals surface area contributed by atoms with Crippen molar-refractivity contribution in [2.24, 2.45) is 17.8 Å². The lowest BCUT2D eigenvalue weighted by Crippen LogP contribution is -2.49. The third-order valence-electron chi connectivity index (χ3n) is 11.3. The number of amides is 1. The van der Waals surface area contributed by atoms with Gasteiger partial charge in [-0.3, -0.25) is 9.78 Å². The molecule has 6 atom stereocenters. The first-order valence-electron chi connectivity index (χ1n) is 17.0. The standard InChI is InChI=1S/C38H44ClN3O4S/c1-24-9-15-34(40-20-24)32-8-4-6-25(2)26(3)47(44,45)41-37(43)28-11-16-36-35(19-28)42(21-29-10-13-31(29)32)22-38(23-46-36)17-5-7-27-18-30(39)12-14-33(27)38/h4,8-9,11-12,14-16,18-20,25-26,29,31-32H,5-7,10,13,17,21-23H2,1-3H3,(H,41,43)/b8-4+/t25-,26+,29-,31+,32-,38-/m0/s1. The Labute approximate surface area is 283 Å². The van der Waals surface area contributed by atoms with Gasteiger partial charge in [-0.1, -0.05) is 42.8 Å². The molecule has 1 spiro atoms. The molecule has 7 rings (SSSR count). The van der Waals surface area contributed by atoms with E-state index in [1.165, 1.54) is 11.1 Å². The van der Waals surface area contributed by atoms with Crippen molar-refractivity contribution < 1.29 is 17.9 Å². The second kappa shape index (κ2) is 12.6. The molecule has 0 saturated heterocycles. The van der Waals surface area contributed by atoms with Gasteiger partial charge in [-0.15, -0.1) is 0 Å². The number of rotatable bonds is 1. The van der Waals surface area contributed by atoms with Gasteiger partial charge in [0.05, 0.1) is 17.5 Å². The normalized spacial score (nSPS) is 30.9. The number of allylic oxidation sites excluding steroid dienone is 2. The maximum Gasteiger partial charge on any atom is 0.264 e. The van der Waals surface area contributed by atoms with Crippen molar-refractivity contribution in [3.63, 3.8) is 0 Å². The van der Waals surface area contributed by atoms with Crippen molar-refractivity contribution in [3.05, 3.63) is 99.9 Å². The molecule has 1 N–H and O–H groups in total. The van der Waals surface area contributed by atoms with Crippen LogP contribution in [0.1, 0.15) is 84.6 Å². The Morgan fingerprint density at radius 1 is 1.09 bits per heavy atom. The Balaban J connectivity index is 1.33. The summed E-state index contributed by atoms with van der Waals surface area (Å²) in [6.07, 6.45) is 12.1. The summed E-state index contributed by atoms with van der Waals surface area (Å²) in [5, 5.41) is -0.00382. The molecule has 47 heavy (non-hydrogen) atoms. The summed E-state index contributed by atoms with van der Waals surface area (Å²) in [7, 11) is -3.92. The molecule has 248 valence electrons. The number of benzene rings is 2. The van der Waals surface area contributed by atoms with E-state index >= 15 is 0 Å². The second-order valence-electron chi connectivity index (χ2n) is 14.4. The van der Waals surface area contributed by atoms with Crippen LogP contribution in [0, 0.1) is 24.7 Å². The number of hydrogen-bond acceptors (Lipinski definition) is 6. The number of anilines is 1. The number of halogens is 1. The summed E-state index contributed by atoms with van der Waals surface area (Å²) in [5.41, 5.74) is 5.65. The number of aromatic nitrogens is 1. The van der Waals surface area contributed by atoms with Crippen molar-refractivity contribution >= 4 is 33.2 Å². The van der Waals surface area contributed by atoms with Crippen molar-refractivity contribution in [2.75, 3.05) is 24.6 Å². The summed E-state index contributed by atoms with van der Waals surface area (Å²) in [6, 6.07) is 15.9. The van der Waals surface area contributed by atoms with E-state index in [4.69, 9.17) is 21.3 Å². The molecule has 1 amide bonds. The first-order valence-corrected chi connectivity index (χ1v) is 18.9. The van der Waals surface area contributed by atoms with E-state index in [0.717, 1.165) is 72.9 Å². The van der Waals surface area contributed by atoms with Crippen molar-refractivity contribution in [1.29, 1.82) is 0 Å². The summed E-state index contributed by atoms with van der Waals surface area (Å²) in [5.74, 6) is 0.843. The van der Waals surface area contributed by atoms with Gasteiger partial charge in [0.1, 0.15) is 5.75 Å². The van der Waals surface area contributed by atoms with Gasteiger partial charge in [0.2, 0.25) is 10.0 Å². The van der Waals surface area contributed by atoms with Crippen LogP contribution in [0.5, 0.6) is 5.75 Å². The maximum atomic E-state index is 13.5. The fraction of sp³-hybridized carbons (Fsp3) is 0.474. The lowest BCUT2D eigenvalue weighted by Gasteiger charge is -2.46. The number of ether oxygens (including phenoxy) is 1. The maximum absolute atomic E-state index is 13.5. The number of nitrogens with one attached hydrogen (secondary N) is 1. The molecule has 4 aliphatic rings. The molecular weight excluding hydrogens is 630 g/mol. The topological polar surface area (TPSA) is 88.6 Å². The number of hydrogen-bond donors (Lipinski definition) is 1. The minimum absolute atomic E-state index is 0.126. The van der Waals surface area contributed by atoms with Gasteiger partial charge in [-0.2, -0.15) is 0 Å². The predicted molar refractivity (Wildman–Crippen MR) is 187 cm³/mol. The molecule has 1 aromatic heterocycles. The number of nitrogens with zero attached hydrogens (tertiary/aromatic N) is 2. The quantitative estimate of drug-likeness (QED) is 0.272. The highest BCUT2D eigenvalue weighted by atomic mass is 35.5. The average molecular weight is 674 g/mol. The lowest BCUT2D eigenvalue weighted by molar-refractivity contribution is 0.0981. The molecule has 3 heterocycles. The van der Waals surface area contributed by atoms with Crippen molar-refractivity contribution in [1.82, 2.24) is 9.71 Å². The van der Waals surface area contributed by atoms with Gasteiger partial charge >= 0.3 is 0 Å². The molecule has 3 aromatic rings. The minimum atomic E-state index is -3.92. The van der Waals surface area contributed by atoms with E-state index < -0.39 is 21.2 Å². The minimum Gasteiger partial charge on any atom is -0.490 e. The summed E-state index contributed by atoms with van der Waals surface area (Å²) < 4.78 is 35.9. The molecule has 7 nitrogen and oxygen atoms in total. The molecule has 0 radical (unpaired) electrons. The predicted octanol–water partition coefficient (Wildman–Crippen LogP) is 7.37. The van der Waals surface area contributed by atoms with Crippen LogP contribution >= 0.6 is 11.6 Å². The van der Waals surface area contributed by atoms with Crippen LogP contribution in [0.2, 0.25) is 5.02 Å². The summed E-state index contributed by atoms with van der Waals surface area (Å²) in [6.45, 7) is 7.72. The Morgan fingerprint density at radius 2 is 1.94 bits per heavy atom. The van der Waals surface area contributed by atoms with Gasteiger partial charge in [0.25, 0.3) is 5.91 Å². The van der Waals surface area contributed by atoms with Crippen LogP contribution in [0.3, 0.4) is 0 Å². The first kappa shape index (κ1) is 32.2. The molecule has 2 aliphatic carbocycles. The molecule has 0 unspecified atom stereocenters. The van der Waals surface area contributed by atoms with Crippen LogP contribution in [0.4, 0.5) is 5.69 Å². The van der Waals surface area contributed by atoms with E-state index in [0.29, 0.717) is 30.4 Å². The molecule has 2 aromatic carbocycles. The van der Waals surface area contributed by atoms with Crippen LogP contribution < -0.4 is 14.4 Å². The highest BCUT2D eigenvalue weighted by molar-refractivity contribution is 7.90.